The van der Waals surface area contributed by atoms with Gasteiger partial charge in [0.1, 0.15) is 0 Å². The van der Waals surface area contributed by atoms with Crippen molar-refractivity contribution in [2.45, 2.75) is 19.4 Å². The third-order valence-corrected chi connectivity index (χ3v) is 3.06. The molecule has 2 aromatic rings. The van der Waals surface area contributed by atoms with Crippen LogP contribution in [-0.2, 0) is 7.05 Å². The summed E-state index contributed by atoms with van der Waals surface area (Å²) in [4.78, 5) is 0. The molecule has 0 saturated heterocycles. The largest absolute Gasteiger partial charge is 0.313 e. The van der Waals surface area contributed by atoms with Gasteiger partial charge in [0.15, 0.2) is 0 Å². The molecule has 0 saturated carbocycles. The standard InChI is InChI=1S/C14H19N3/c1-4-13(15-2)11-6-5-7-12(10-11)14-8-9-17(3)16-14/h5-10,13,15H,4H2,1-3H3. The molecule has 17 heavy (non-hydrogen) atoms. The zero-order chi connectivity index (χ0) is 12.3. The number of aromatic nitrogens is 2. The predicted octanol–water partition coefficient (Wildman–Crippen LogP) is 2.76. The first-order valence-corrected chi connectivity index (χ1v) is 6.02. The van der Waals surface area contributed by atoms with E-state index in [2.05, 4.69) is 41.6 Å². The molecule has 1 unspecified atom stereocenters. The Hall–Kier alpha value is -1.61. The molecule has 1 aromatic carbocycles. The quantitative estimate of drug-likeness (QED) is 0.873. The number of nitrogens with one attached hydrogen (secondary N) is 1. The second kappa shape index (κ2) is 5.15. The van der Waals surface area contributed by atoms with Crippen LogP contribution in [0.5, 0.6) is 0 Å². The van der Waals surface area contributed by atoms with Crippen LogP contribution >= 0.6 is 0 Å². The van der Waals surface area contributed by atoms with E-state index < -0.39 is 0 Å². The van der Waals surface area contributed by atoms with Gasteiger partial charge in [-0.2, -0.15) is 5.10 Å². The minimum Gasteiger partial charge on any atom is -0.313 e. The molecular formula is C14H19N3. The lowest BCUT2D eigenvalue weighted by atomic mass is 10.0. The van der Waals surface area contributed by atoms with E-state index >= 15 is 0 Å². The fourth-order valence-corrected chi connectivity index (χ4v) is 2.09. The summed E-state index contributed by atoms with van der Waals surface area (Å²) in [5.74, 6) is 0. The van der Waals surface area contributed by atoms with E-state index in [1.807, 2.05) is 31.0 Å². The van der Waals surface area contributed by atoms with Crippen LogP contribution in [0.2, 0.25) is 0 Å². The van der Waals surface area contributed by atoms with Crippen LogP contribution < -0.4 is 5.32 Å². The fourth-order valence-electron chi connectivity index (χ4n) is 2.09. The fraction of sp³-hybridized carbons (Fsp3) is 0.357. The summed E-state index contributed by atoms with van der Waals surface area (Å²) in [6.07, 6.45) is 3.06. The van der Waals surface area contributed by atoms with Gasteiger partial charge >= 0.3 is 0 Å². The van der Waals surface area contributed by atoms with Gasteiger partial charge in [0.25, 0.3) is 0 Å². The second-order valence-corrected chi connectivity index (χ2v) is 4.25. The molecule has 0 amide bonds. The SMILES string of the molecule is CCC(NC)c1cccc(-c2ccn(C)n2)c1. The Balaban J connectivity index is 2.34. The summed E-state index contributed by atoms with van der Waals surface area (Å²) in [5, 5.41) is 7.76. The third-order valence-electron chi connectivity index (χ3n) is 3.06. The lowest BCUT2D eigenvalue weighted by molar-refractivity contribution is 0.577. The van der Waals surface area contributed by atoms with Crippen molar-refractivity contribution in [1.82, 2.24) is 15.1 Å². The average Bonchev–Trinajstić information content (AvgIpc) is 2.78. The van der Waals surface area contributed by atoms with Crippen molar-refractivity contribution in [3.63, 3.8) is 0 Å². The van der Waals surface area contributed by atoms with Gasteiger partial charge in [-0.25, -0.2) is 0 Å². The highest BCUT2D eigenvalue weighted by Gasteiger charge is 2.08. The molecule has 1 aromatic heterocycles. The molecule has 0 aliphatic heterocycles. The maximum atomic E-state index is 4.43. The first kappa shape index (κ1) is 11.9. The lowest BCUT2D eigenvalue weighted by Gasteiger charge is -2.14. The van der Waals surface area contributed by atoms with Crippen LogP contribution in [0.4, 0.5) is 0 Å². The Kier molecular flexibility index (Phi) is 3.59. The molecule has 90 valence electrons. The third kappa shape index (κ3) is 2.56. The van der Waals surface area contributed by atoms with Crippen molar-refractivity contribution in [2.75, 3.05) is 7.05 Å². The van der Waals surface area contributed by atoms with Gasteiger partial charge in [-0.05, 0) is 31.2 Å². The Bertz CT molecular complexity index is 484. The van der Waals surface area contributed by atoms with E-state index in [1.165, 1.54) is 11.1 Å². The Morgan fingerprint density at radius 2 is 2.18 bits per heavy atom. The minimum atomic E-state index is 0.415. The maximum absolute atomic E-state index is 4.43. The minimum absolute atomic E-state index is 0.415. The lowest BCUT2D eigenvalue weighted by Crippen LogP contribution is -2.15. The Morgan fingerprint density at radius 3 is 2.76 bits per heavy atom. The van der Waals surface area contributed by atoms with E-state index in [4.69, 9.17) is 0 Å². The van der Waals surface area contributed by atoms with E-state index in [0.29, 0.717) is 6.04 Å². The summed E-state index contributed by atoms with van der Waals surface area (Å²) in [6, 6.07) is 11.0. The van der Waals surface area contributed by atoms with E-state index in [9.17, 15) is 0 Å². The predicted molar refractivity (Wildman–Crippen MR) is 70.7 cm³/mol. The molecule has 0 radical (unpaired) electrons. The van der Waals surface area contributed by atoms with E-state index in [0.717, 1.165) is 12.1 Å². The van der Waals surface area contributed by atoms with E-state index in [1.54, 1.807) is 0 Å². The van der Waals surface area contributed by atoms with Crippen LogP contribution in [-0.4, -0.2) is 16.8 Å². The summed E-state index contributed by atoms with van der Waals surface area (Å²) >= 11 is 0. The Labute approximate surface area is 102 Å². The van der Waals surface area contributed by atoms with E-state index in [-0.39, 0.29) is 0 Å². The summed E-state index contributed by atoms with van der Waals surface area (Å²) in [6.45, 7) is 2.19. The number of rotatable bonds is 4. The molecule has 0 bridgehead atoms. The van der Waals surface area contributed by atoms with Crippen LogP contribution in [0.15, 0.2) is 36.5 Å². The van der Waals surface area contributed by atoms with Crippen molar-refractivity contribution < 1.29 is 0 Å². The topological polar surface area (TPSA) is 29.9 Å². The van der Waals surface area contributed by atoms with Crippen molar-refractivity contribution >= 4 is 0 Å². The molecule has 0 spiro atoms. The molecule has 1 N–H and O–H groups in total. The average molecular weight is 229 g/mol. The molecule has 1 atom stereocenters. The van der Waals surface area contributed by atoms with Gasteiger partial charge in [0.2, 0.25) is 0 Å². The number of hydrogen-bond acceptors (Lipinski definition) is 2. The van der Waals surface area contributed by atoms with Gasteiger partial charge in [0.05, 0.1) is 5.69 Å². The maximum Gasteiger partial charge on any atom is 0.0923 e. The Morgan fingerprint density at radius 1 is 1.35 bits per heavy atom. The number of hydrogen-bond donors (Lipinski definition) is 1. The van der Waals surface area contributed by atoms with Gasteiger partial charge in [-0.3, -0.25) is 4.68 Å². The van der Waals surface area contributed by atoms with Crippen LogP contribution in [0.25, 0.3) is 11.3 Å². The molecule has 0 aliphatic carbocycles. The summed E-state index contributed by atoms with van der Waals surface area (Å²) in [7, 11) is 3.94. The number of aryl methyl sites for hydroxylation is 1. The highest BCUT2D eigenvalue weighted by atomic mass is 15.2. The first-order chi connectivity index (χ1) is 8.24. The monoisotopic (exact) mass is 229 g/mol. The van der Waals surface area contributed by atoms with Gasteiger partial charge in [-0.15, -0.1) is 0 Å². The highest BCUT2D eigenvalue weighted by Crippen LogP contribution is 2.23. The molecule has 3 nitrogen and oxygen atoms in total. The van der Waals surface area contributed by atoms with Gasteiger partial charge in [-0.1, -0.05) is 25.1 Å². The van der Waals surface area contributed by atoms with Gasteiger partial charge < -0.3 is 5.32 Å². The van der Waals surface area contributed by atoms with Crippen molar-refractivity contribution in [2.24, 2.45) is 7.05 Å². The molecule has 3 heteroatoms. The summed E-state index contributed by atoms with van der Waals surface area (Å²) in [5.41, 5.74) is 3.52. The smallest absolute Gasteiger partial charge is 0.0923 e. The summed E-state index contributed by atoms with van der Waals surface area (Å²) < 4.78 is 1.83. The molecule has 2 rings (SSSR count). The number of benzene rings is 1. The van der Waals surface area contributed by atoms with Crippen LogP contribution in [0.1, 0.15) is 24.9 Å². The van der Waals surface area contributed by atoms with Crippen molar-refractivity contribution in [1.29, 1.82) is 0 Å². The normalized spacial score (nSPS) is 12.6. The molecular weight excluding hydrogens is 210 g/mol. The zero-order valence-corrected chi connectivity index (χ0v) is 10.6. The highest BCUT2D eigenvalue weighted by molar-refractivity contribution is 5.59. The zero-order valence-electron chi connectivity index (χ0n) is 10.6. The van der Waals surface area contributed by atoms with Crippen molar-refractivity contribution in [3.05, 3.63) is 42.1 Å². The van der Waals surface area contributed by atoms with Gasteiger partial charge in [0, 0.05) is 24.8 Å². The molecule has 1 heterocycles. The molecule has 0 fully saturated rings. The van der Waals surface area contributed by atoms with Crippen LogP contribution in [0.3, 0.4) is 0 Å². The molecule has 0 aliphatic rings. The first-order valence-electron chi connectivity index (χ1n) is 6.02. The second-order valence-electron chi connectivity index (χ2n) is 4.25. The van der Waals surface area contributed by atoms with Crippen molar-refractivity contribution in [3.8, 4) is 11.3 Å². The van der Waals surface area contributed by atoms with Crippen LogP contribution in [0, 0.1) is 0 Å². The number of nitrogens with zero attached hydrogens (tertiary/aromatic N) is 2.